The summed E-state index contributed by atoms with van der Waals surface area (Å²) in [6, 6.07) is 5.35. The molecule has 7 nitrogen and oxygen atoms in total. The molecule has 2 heterocycles. The number of methoxy groups -OCH3 is 2. The van der Waals surface area contributed by atoms with Crippen LogP contribution in [-0.4, -0.2) is 40.5 Å². The first-order valence-corrected chi connectivity index (χ1v) is 7.19. The number of benzene rings is 1. The standard InChI is InChI=1S/C14H12N4O3S/c1-20-11-4-3-9(7-12(11)21-2)13-10(8-19)16-17-18(13)14-15-5-6-22-14/h3-8H,1-2H3. The van der Waals surface area contributed by atoms with E-state index in [1.165, 1.54) is 16.0 Å². The van der Waals surface area contributed by atoms with E-state index < -0.39 is 0 Å². The predicted octanol–water partition coefficient (Wildman–Crippen LogP) is 2.22. The van der Waals surface area contributed by atoms with E-state index in [1.54, 1.807) is 32.5 Å². The van der Waals surface area contributed by atoms with Gasteiger partial charge in [0.2, 0.25) is 5.13 Å². The summed E-state index contributed by atoms with van der Waals surface area (Å²) < 4.78 is 12.1. The zero-order valence-electron chi connectivity index (χ0n) is 11.9. The zero-order chi connectivity index (χ0) is 15.5. The number of hydrogen-bond donors (Lipinski definition) is 0. The fourth-order valence-electron chi connectivity index (χ4n) is 2.08. The van der Waals surface area contributed by atoms with Crippen LogP contribution in [0.2, 0.25) is 0 Å². The lowest BCUT2D eigenvalue weighted by atomic mass is 10.1. The number of carbonyl (C=O) groups is 1. The molecular weight excluding hydrogens is 304 g/mol. The Balaban J connectivity index is 2.19. The summed E-state index contributed by atoms with van der Waals surface area (Å²) >= 11 is 1.40. The molecule has 0 bridgehead atoms. The summed E-state index contributed by atoms with van der Waals surface area (Å²) in [5.74, 6) is 1.16. The average molecular weight is 316 g/mol. The highest BCUT2D eigenvalue weighted by Gasteiger charge is 2.18. The average Bonchev–Trinajstić information content (AvgIpc) is 3.22. The van der Waals surface area contributed by atoms with E-state index in [-0.39, 0.29) is 5.69 Å². The van der Waals surface area contributed by atoms with E-state index >= 15 is 0 Å². The third-order valence-electron chi connectivity index (χ3n) is 3.07. The van der Waals surface area contributed by atoms with E-state index in [1.807, 2.05) is 11.4 Å². The summed E-state index contributed by atoms with van der Waals surface area (Å²) in [4.78, 5) is 15.5. The van der Waals surface area contributed by atoms with Gasteiger partial charge >= 0.3 is 0 Å². The van der Waals surface area contributed by atoms with Gasteiger partial charge in [-0.05, 0) is 18.2 Å². The fraction of sp³-hybridized carbons (Fsp3) is 0.143. The Morgan fingerprint density at radius 2 is 2.05 bits per heavy atom. The predicted molar refractivity (Wildman–Crippen MR) is 81.0 cm³/mol. The first kappa shape index (κ1) is 14.2. The second kappa shape index (κ2) is 5.94. The maximum Gasteiger partial charge on any atom is 0.212 e. The molecule has 112 valence electrons. The summed E-state index contributed by atoms with van der Waals surface area (Å²) in [5, 5.41) is 10.4. The lowest BCUT2D eigenvalue weighted by Gasteiger charge is -2.10. The van der Waals surface area contributed by atoms with Crippen molar-refractivity contribution in [1.29, 1.82) is 0 Å². The van der Waals surface area contributed by atoms with Crippen molar-refractivity contribution >= 4 is 17.6 Å². The first-order valence-electron chi connectivity index (χ1n) is 6.31. The van der Waals surface area contributed by atoms with Gasteiger partial charge < -0.3 is 9.47 Å². The molecule has 0 radical (unpaired) electrons. The largest absolute Gasteiger partial charge is 0.493 e. The number of carbonyl (C=O) groups excluding carboxylic acids is 1. The molecule has 1 aromatic carbocycles. The highest BCUT2D eigenvalue weighted by molar-refractivity contribution is 7.12. The zero-order valence-corrected chi connectivity index (χ0v) is 12.7. The van der Waals surface area contributed by atoms with Crippen LogP contribution in [0, 0.1) is 0 Å². The quantitative estimate of drug-likeness (QED) is 0.672. The Bertz CT molecular complexity index is 799. The van der Waals surface area contributed by atoms with Crippen LogP contribution in [-0.2, 0) is 0 Å². The number of ether oxygens (including phenoxy) is 2. The monoisotopic (exact) mass is 316 g/mol. The van der Waals surface area contributed by atoms with Crippen molar-refractivity contribution < 1.29 is 14.3 Å². The third kappa shape index (κ3) is 2.33. The van der Waals surface area contributed by atoms with Gasteiger partial charge in [-0.1, -0.05) is 5.21 Å². The van der Waals surface area contributed by atoms with Crippen molar-refractivity contribution in [2.45, 2.75) is 0 Å². The Hall–Kier alpha value is -2.74. The molecule has 0 aliphatic rings. The molecule has 0 fully saturated rings. The molecule has 0 aliphatic carbocycles. The van der Waals surface area contributed by atoms with Crippen LogP contribution in [0.15, 0.2) is 29.8 Å². The van der Waals surface area contributed by atoms with Crippen molar-refractivity contribution in [3.05, 3.63) is 35.5 Å². The molecule has 8 heteroatoms. The van der Waals surface area contributed by atoms with E-state index in [0.717, 1.165) is 5.56 Å². The Kier molecular flexibility index (Phi) is 3.84. The van der Waals surface area contributed by atoms with Crippen LogP contribution in [0.3, 0.4) is 0 Å². The SMILES string of the molecule is COc1ccc(-c2c(C=O)nnn2-c2nccs2)cc1OC. The molecule has 2 aromatic heterocycles. The van der Waals surface area contributed by atoms with Gasteiger partial charge in [-0.2, -0.15) is 4.68 Å². The summed E-state index contributed by atoms with van der Waals surface area (Å²) in [6.45, 7) is 0. The van der Waals surface area contributed by atoms with Crippen LogP contribution >= 0.6 is 11.3 Å². The second-order valence-electron chi connectivity index (χ2n) is 4.24. The second-order valence-corrected chi connectivity index (χ2v) is 5.11. The smallest absolute Gasteiger partial charge is 0.212 e. The highest BCUT2D eigenvalue weighted by atomic mass is 32.1. The highest BCUT2D eigenvalue weighted by Crippen LogP contribution is 2.33. The molecule has 3 rings (SSSR count). The molecule has 3 aromatic rings. The maximum atomic E-state index is 11.3. The molecule has 0 atom stereocenters. The van der Waals surface area contributed by atoms with Gasteiger partial charge in [-0.3, -0.25) is 4.79 Å². The normalized spacial score (nSPS) is 10.5. The molecule has 0 unspecified atom stereocenters. The Morgan fingerprint density at radius 1 is 1.23 bits per heavy atom. The van der Waals surface area contributed by atoms with Gasteiger partial charge in [0, 0.05) is 17.1 Å². The van der Waals surface area contributed by atoms with Crippen molar-refractivity contribution in [3.8, 4) is 27.9 Å². The maximum absolute atomic E-state index is 11.3. The number of rotatable bonds is 5. The van der Waals surface area contributed by atoms with Crippen LogP contribution in [0.5, 0.6) is 11.5 Å². The van der Waals surface area contributed by atoms with Crippen LogP contribution in [0.25, 0.3) is 16.4 Å². The van der Waals surface area contributed by atoms with E-state index in [2.05, 4.69) is 15.3 Å². The molecule has 0 N–H and O–H groups in total. The van der Waals surface area contributed by atoms with Crippen LogP contribution < -0.4 is 9.47 Å². The summed E-state index contributed by atoms with van der Waals surface area (Å²) in [6.07, 6.45) is 2.34. The van der Waals surface area contributed by atoms with Gasteiger partial charge in [-0.15, -0.1) is 16.4 Å². The lowest BCUT2D eigenvalue weighted by molar-refractivity contribution is 0.111. The number of thiazole rings is 1. The van der Waals surface area contributed by atoms with Gasteiger partial charge in [0.1, 0.15) is 5.69 Å². The number of aromatic nitrogens is 4. The van der Waals surface area contributed by atoms with Crippen molar-refractivity contribution in [2.24, 2.45) is 0 Å². The molecular formula is C14H12N4O3S. The van der Waals surface area contributed by atoms with Crippen molar-refractivity contribution in [1.82, 2.24) is 20.0 Å². The summed E-state index contributed by atoms with van der Waals surface area (Å²) in [5.41, 5.74) is 1.54. The topological polar surface area (TPSA) is 79.1 Å². The number of hydrogen-bond acceptors (Lipinski definition) is 7. The third-order valence-corrected chi connectivity index (χ3v) is 3.81. The molecule has 0 saturated heterocycles. The summed E-state index contributed by atoms with van der Waals surface area (Å²) in [7, 11) is 3.12. The van der Waals surface area contributed by atoms with E-state index in [0.29, 0.717) is 28.6 Å². The minimum atomic E-state index is 0.238. The van der Waals surface area contributed by atoms with Crippen molar-refractivity contribution in [2.75, 3.05) is 14.2 Å². The first-order chi connectivity index (χ1) is 10.8. The Labute approximate surface area is 130 Å². The molecule has 0 amide bonds. The van der Waals surface area contributed by atoms with Crippen LogP contribution in [0.1, 0.15) is 10.5 Å². The lowest BCUT2D eigenvalue weighted by Crippen LogP contribution is -2.00. The number of aldehydes is 1. The van der Waals surface area contributed by atoms with E-state index in [9.17, 15) is 4.79 Å². The van der Waals surface area contributed by atoms with Crippen LogP contribution in [0.4, 0.5) is 0 Å². The molecule has 0 spiro atoms. The minimum Gasteiger partial charge on any atom is -0.493 e. The van der Waals surface area contributed by atoms with Gasteiger partial charge in [0.05, 0.1) is 14.2 Å². The van der Waals surface area contributed by atoms with Gasteiger partial charge in [0.25, 0.3) is 0 Å². The number of nitrogens with zero attached hydrogens (tertiary/aromatic N) is 4. The van der Waals surface area contributed by atoms with Gasteiger partial charge in [-0.25, -0.2) is 4.98 Å². The Morgan fingerprint density at radius 3 is 2.68 bits per heavy atom. The minimum absolute atomic E-state index is 0.238. The van der Waals surface area contributed by atoms with Crippen molar-refractivity contribution in [3.63, 3.8) is 0 Å². The molecule has 22 heavy (non-hydrogen) atoms. The van der Waals surface area contributed by atoms with Gasteiger partial charge in [0.15, 0.2) is 23.5 Å². The molecule has 0 saturated carbocycles. The van der Waals surface area contributed by atoms with E-state index in [4.69, 9.17) is 9.47 Å². The molecule has 0 aliphatic heterocycles. The fourth-order valence-corrected chi connectivity index (χ4v) is 2.67.